The van der Waals surface area contributed by atoms with Crippen molar-refractivity contribution in [3.8, 4) is 0 Å². The molecule has 2 heterocycles. The first-order valence-electron chi connectivity index (χ1n) is 8.91. The number of hydrogen-bond acceptors (Lipinski definition) is 4. The molecule has 7 heteroatoms. The number of anilines is 1. The smallest absolute Gasteiger partial charge is 0.292 e. The van der Waals surface area contributed by atoms with Gasteiger partial charge in [0, 0.05) is 48.8 Å². The van der Waals surface area contributed by atoms with Crippen molar-refractivity contribution in [2.75, 3.05) is 31.1 Å². The van der Waals surface area contributed by atoms with Crippen molar-refractivity contribution in [1.29, 1.82) is 0 Å². The van der Waals surface area contributed by atoms with E-state index in [0.29, 0.717) is 37.4 Å². The number of H-pyrrole nitrogens is 1. The quantitative estimate of drug-likeness (QED) is 0.571. The maximum Gasteiger partial charge on any atom is 0.292 e. The maximum absolute atomic E-state index is 13.1. The van der Waals surface area contributed by atoms with Crippen LogP contribution in [0.25, 0.3) is 10.9 Å². The fraction of sp³-hybridized carbons (Fsp3) is 0.250. The van der Waals surface area contributed by atoms with Gasteiger partial charge in [-0.1, -0.05) is 30.3 Å². The van der Waals surface area contributed by atoms with Gasteiger partial charge in [-0.15, -0.1) is 0 Å². The molecule has 1 aliphatic heterocycles. The number of benzene rings is 2. The van der Waals surface area contributed by atoms with Crippen molar-refractivity contribution in [3.63, 3.8) is 0 Å². The highest BCUT2D eigenvalue weighted by Crippen LogP contribution is 2.29. The number of carbonyl (C=O) groups excluding carboxylic acids is 1. The highest BCUT2D eigenvalue weighted by molar-refractivity contribution is 6.08. The number of rotatable bonds is 3. The highest BCUT2D eigenvalue weighted by atomic mass is 16.6. The van der Waals surface area contributed by atoms with Crippen LogP contribution in [-0.4, -0.2) is 46.9 Å². The van der Waals surface area contributed by atoms with Crippen LogP contribution in [0.15, 0.2) is 48.5 Å². The molecule has 0 saturated carbocycles. The topological polar surface area (TPSA) is 82.5 Å². The first kappa shape index (κ1) is 17.1. The molecule has 1 aromatic heterocycles. The fourth-order valence-corrected chi connectivity index (χ4v) is 3.75. The zero-order chi connectivity index (χ0) is 19.0. The Morgan fingerprint density at radius 2 is 1.70 bits per heavy atom. The van der Waals surface area contributed by atoms with Crippen molar-refractivity contribution in [3.05, 3.63) is 69.9 Å². The lowest BCUT2D eigenvalue weighted by Gasteiger charge is -2.35. The number of amides is 1. The van der Waals surface area contributed by atoms with E-state index in [9.17, 15) is 14.9 Å². The van der Waals surface area contributed by atoms with Crippen molar-refractivity contribution in [1.82, 2.24) is 9.88 Å². The third-order valence-corrected chi connectivity index (χ3v) is 5.09. The van der Waals surface area contributed by atoms with E-state index in [1.807, 2.05) is 41.0 Å². The van der Waals surface area contributed by atoms with Gasteiger partial charge in [0.2, 0.25) is 0 Å². The van der Waals surface area contributed by atoms with Crippen molar-refractivity contribution >= 4 is 28.2 Å². The second-order valence-corrected chi connectivity index (χ2v) is 6.70. The summed E-state index contributed by atoms with van der Waals surface area (Å²) in [7, 11) is 0. The Labute approximate surface area is 156 Å². The van der Waals surface area contributed by atoms with Gasteiger partial charge in [0.05, 0.1) is 10.5 Å². The van der Waals surface area contributed by atoms with Gasteiger partial charge in [0.1, 0.15) is 5.69 Å². The standard InChI is InChI=1S/C20H20N4O3/c1-14-19(15-6-2-3-7-16(15)21-14)20(25)23-12-10-22(11-13-23)17-8-4-5-9-18(17)24(26)27/h2-9,21H,10-13H2,1H3. The van der Waals surface area contributed by atoms with Crippen LogP contribution >= 0.6 is 0 Å². The number of nitrogens with one attached hydrogen (secondary N) is 1. The monoisotopic (exact) mass is 364 g/mol. The SMILES string of the molecule is Cc1[nH]c2ccccc2c1C(=O)N1CCN(c2ccccc2[N+](=O)[O-])CC1. The van der Waals surface area contributed by atoms with Gasteiger partial charge in [0.15, 0.2) is 0 Å². The Bertz CT molecular complexity index is 1020. The summed E-state index contributed by atoms with van der Waals surface area (Å²) in [6, 6.07) is 14.5. The molecule has 1 N–H and O–H groups in total. The zero-order valence-corrected chi connectivity index (χ0v) is 15.0. The average molecular weight is 364 g/mol. The lowest BCUT2D eigenvalue weighted by Crippen LogP contribution is -2.49. The molecule has 0 unspecified atom stereocenters. The second-order valence-electron chi connectivity index (χ2n) is 6.70. The minimum absolute atomic E-state index is 0.00663. The summed E-state index contributed by atoms with van der Waals surface area (Å²) < 4.78 is 0. The summed E-state index contributed by atoms with van der Waals surface area (Å²) >= 11 is 0. The van der Waals surface area contributed by atoms with Gasteiger partial charge in [-0.25, -0.2) is 0 Å². The number of fused-ring (bicyclic) bond motifs is 1. The first-order chi connectivity index (χ1) is 13.1. The summed E-state index contributed by atoms with van der Waals surface area (Å²) in [5, 5.41) is 12.2. The van der Waals surface area contributed by atoms with Crippen LogP contribution in [0.2, 0.25) is 0 Å². The Morgan fingerprint density at radius 3 is 2.44 bits per heavy atom. The summed E-state index contributed by atoms with van der Waals surface area (Å²) in [5.74, 6) is 0.00663. The van der Waals surface area contributed by atoms with Gasteiger partial charge in [-0.3, -0.25) is 14.9 Å². The van der Waals surface area contributed by atoms with E-state index < -0.39 is 0 Å². The van der Waals surface area contributed by atoms with Crippen LogP contribution in [0.4, 0.5) is 11.4 Å². The summed E-state index contributed by atoms with van der Waals surface area (Å²) in [6.45, 7) is 4.11. The number of aromatic nitrogens is 1. The van der Waals surface area contributed by atoms with Crippen molar-refractivity contribution < 1.29 is 9.72 Å². The minimum Gasteiger partial charge on any atom is -0.362 e. The largest absolute Gasteiger partial charge is 0.362 e. The predicted octanol–water partition coefficient (Wildman–Crippen LogP) is 3.35. The molecular formula is C20H20N4O3. The lowest BCUT2D eigenvalue weighted by molar-refractivity contribution is -0.384. The summed E-state index contributed by atoms with van der Waals surface area (Å²) in [4.78, 5) is 31.1. The molecule has 1 amide bonds. The van der Waals surface area contributed by atoms with Crippen LogP contribution in [-0.2, 0) is 0 Å². The normalized spacial score (nSPS) is 14.6. The number of carbonyl (C=O) groups is 1. The van der Waals surface area contributed by atoms with Crippen LogP contribution in [0, 0.1) is 17.0 Å². The molecule has 1 aliphatic rings. The number of aromatic amines is 1. The predicted molar refractivity (Wildman–Crippen MR) is 104 cm³/mol. The Balaban J connectivity index is 1.54. The van der Waals surface area contributed by atoms with Gasteiger partial charge < -0.3 is 14.8 Å². The Kier molecular flexibility index (Phi) is 4.27. The van der Waals surface area contributed by atoms with E-state index >= 15 is 0 Å². The molecule has 4 rings (SSSR count). The summed E-state index contributed by atoms with van der Waals surface area (Å²) in [5.41, 5.74) is 3.24. The Hall–Kier alpha value is -3.35. The number of para-hydroxylation sites is 3. The zero-order valence-electron chi connectivity index (χ0n) is 15.0. The van der Waals surface area contributed by atoms with E-state index in [2.05, 4.69) is 4.98 Å². The van der Waals surface area contributed by atoms with Crippen LogP contribution in [0.3, 0.4) is 0 Å². The van der Waals surface area contributed by atoms with Crippen molar-refractivity contribution in [2.45, 2.75) is 6.92 Å². The number of piperazine rings is 1. The number of nitro groups is 1. The van der Waals surface area contributed by atoms with E-state index in [4.69, 9.17) is 0 Å². The van der Waals surface area contributed by atoms with Gasteiger partial charge >= 0.3 is 0 Å². The third-order valence-electron chi connectivity index (χ3n) is 5.09. The molecule has 138 valence electrons. The van der Waals surface area contributed by atoms with Crippen LogP contribution < -0.4 is 4.90 Å². The van der Waals surface area contributed by atoms with Crippen LogP contribution in [0.1, 0.15) is 16.1 Å². The number of nitro benzene ring substituents is 1. The fourth-order valence-electron chi connectivity index (χ4n) is 3.75. The molecule has 0 bridgehead atoms. The van der Waals surface area contributed by atoms with E-state index in [1.54, 1.807) is 18.2 Å². The molecule has 27 heavy (non-hydrogen) atoms. The molecule has 2 aromatic carbocycles. The number of hydrogen-bond donors (Lipinski definition) is 1. The minimum atomic E-state index is -0.359. The number of aryl methyl sites for hydroxylation is 1. The average Bonchev–Trinajstić information content (AvgIpc) is 3.03. The highest BCUT2D eigenvalue weighted by Gasteiger charge is 2.28. The molecule has 3 aromatic rings. The second kappa shape index (κ2) is 6.75. The molecule has 0 aliphatic carbocycles. The molecular weight excluding hydrogens is 344 g/mol. The van der Waals surface area contributed by atoms with E-state index in [0.717, 1.165) is 16.6 Å². The Morgan fingerprint density at radius 1 is 1.04 bits per heavy atom. The molecule has 7 nitrogen and oxygen atoms in total. The van der Waals surface area contributed by atoms with E-state index in [-0.39, 0.29) is 16.5 Å². The first-order valence-corrected chi connectivity index (χ1v) is 8.91. The summed E-state index contributed by atoms with van der Waals surface area (Å²) in [6.07, 6.45) is 0. The van der Waals surface area contributed by atoms with Gasteiger partial charge in [-0.05, 0) is 19.1 Å². The van der Waals surface area contributed by atoms with E-state index in [1.165, 1.54) is 6.07 Å². The lowest BCUT2D eigenvalue weighted by atomic mass is 10.1. The van der Waals surface area contributed by atoms with Crippen molar-refractivity contribution in [2.24, 2.45) is 0 Å². The molecule has 0 spiro atoms. The van der Waals surface area contributed by atoms with Gasteiger partial charge in [0.25, 0.3) is 11.6 Å². The maximum atomic E-state index is 13.1. The van der Waals surface area contributed by atoms with Gasteiger partial charge in [-0.2, -0.15) is 0 Å². The molecule has 0 radical (unpaired) electrons. The molecule has 1 fully saturated rings. The van der Waals surface area contributed by atoms with Crippen LogP contribution in [0.5, 0.6) is 0 Å². The molecule has 0 atom stereocenters. The number of nitrogens with zero attached hydrogens (tertiary/aromatic N) is 3. The molecule has 1 saturated heterocycles. The third kappa shape index (κ3) is 3.01.